The first-order valence-electron chi connectivity index (χ1n) is 6.78. The molecule has 0 saturated carbocycles. The number of nitrogens with one attached hydrogen (secondary N) is 1. The second kappa shape index (κ2) is 5.04. The average molecular weight is 281 g/mol. The largest absolute Gasteiger partial charge is 0.330 e. The Morgan fingerprint density at radius 3 is 3.00 bits per heavy atom. The number of H-pyrrole nitrogens is 1. The molecule has 0 aliphatic heterocycles. The van der Waals surface area contributed by atoms with Crippen molar-refractivity contribution < 1.29 is 0 Å². The van der Waals surface area contributed by atoms with Crippen LogP contribution in [0.2, 0.25) is 0 Å². The van der Waals surface area contributed by atoms with Crippen LogP contribution in [0.5, 0.6) is 0 Å². The highest BCUT2D eigenvalue weighted by atomic mass is 16.1. The number of benzene rings is 1. The molecule has 0 saturated heterocycles. The molecule has 0 atom stereocenters. The fraction of sp³-hybridized carbons (Fsp3) is 0.267. The lowest BCUT2D eigenvalue weighted by Gasteiger charge is -2.11. The maximum absolute atomic E-state index is 12.7. The minimum atomic E-state index is -0.0677. The molecule has 2 heterocycles. The van der Waals surface area contributed by atoms with Crippen molar-refractivity contribution in [2.75, 3.05) is 6.54 Å². The number of rotatable bonds is 3. The molecule has 0 amide bonds. The Balaban J connectivity index is 2.47. The van der Waals surface area contributed by atoms with Crippen molar-refractivity contribution in [3.8, 4) is 6.07 Å². The maximum Gasteiger partial charge on any atom is 0.262 e. The number of pyridine rings is 1. The van der Waals surface area contributed by atoms with Gasteiger partial charge in [-0.25, -0.2) is 0 Å². The molecule has 6 nitrogen and oxygen atoms in total. The number of aromatic nitrogens is 3. The summed E-state index contributed by atoms with van der Waals surface area (Å²) >= 11 is 0. The van der Waals surface area contributed by atoms with Gasteiger partial charge in [0.2, 0.25) is 0 Å². The molecule has 6 heteroatoms. The quantitative estimate of drug-likeness (QED) is 0.757. The first-order valence-corrected chi connectivity index (χ1v) is 6.78. The van der Waals surface area contributed by atoms with E-state index in [0.717, 1.165) is 23.0 Å². The van der Waals surface area contributed by atoms with Crippen LogP contribution >= 0.6 is 0 Å². The van der Waals surface area contributed by atoms with Gasteiger partial charge >= 0.3 is 0 Å². The predicted octanol–water partition coefficient (Wildman–Crippen LogP) is 1.41. The second-order valence-corrected chi connectivity index (χ2v) is 5.01. The van der Waals surface area contributed by atoms with Crippen LogP contribution in [-0.4, -0.2) is 21.3 Å². The van der Waals surface area contributed by atoms with Crippen LogP contribution in [0.3, 0.4) is 0 Å². The number of aryl methyl sites for hydroxylation is 2. The third-order valence-electron chi connectivity index (χ3n) is 3.66. The molecular formula is C15H15N5O. The van der Waals surface area contributed by atoms with Crippen molar-refractivity contribution in [1.82, 2.24) is 14.8 Å². The monoisotopic (exact) mass is 281 g/mol. The van der Waals surface area contributed by atoms with E-state index in [1.54, 1.807) is 22.8 Å². The molecule has 1 aromatic carbocycles. The van der Waals surface area contributed by atoms with Crippen molar-refractivity contribution in [2.24, 2.45) is 5.73 Å². The van der Waals surface area contributed by atoms with Crippen LogP contribution in [0.1, 0.15) is 17.7 Å². The van der Waals surface area contributed by atoms with Gasteiger partial charge in [0.1, 0.15) is 5.52 Å². The van der Waals surface area contributed by atoms with Gasteiger partial charge in [0.25, 0.3) is 5.56 Å². The molecule has 0 aliphatic rings. The van der Waals surface area contributed by atoms with Gasteiger partial charge in [0.15, 0.2) is 0 Å². The van der Waals surface area contributed by atoms with E-state index < -0.39 is 0 Å². The minimum Gasteiger partial charge on any atom is -0.330 e. The zero-order valence-electron chi connectivity index (χ0n) is 11.7. The molecule has 0 fully saturated rings. The Labute approximate surface area is 120 Å². The van der Waals surface area contributed by atoms with E-state index in [2.05, 4.69) is 16.3 Å². The van der Waals surface area contributed by atoms with Gasteiger partial charge in [-0.3, -0.25) is 9.89 Å². The lowest BCUT2D eigenvalue weighted by Crippen LogP contribution is -2.22. The van der Waals surface area contributed by atoms with Gasteiger partial charge < -0.3 is 10.3 Å². The first kappa shape index (κ1) is 13.3. The Kier molecular flexibility index (Phi) is 3.20. The highest BCUT2D eigenvalue weighted by Crippen LogP contribution is 2.24. The average Bonchev–Trinajstić information content (AvgIpc) is 2.89. The summed E-state index contributed by atoms with van der Waals surface area (Å²) in [7, 11) is 0. The van der Waals surface area contributed by atoms with Crippen molar-refractivity contribution in [2.45, 2.75) is 19.9 Å². The van der Waals surface area contributed by atoms with Crippen molar-refractivity contribution in [3.63, 3.8) is 0 Å². The fourth-order valence-electron chi connectivity index (χ4n) is 2.63. The smallest absolute Gasteiger partial charge is 0.262 e. The summed E-state index contributed by atoms with van der Waals surface area (Å²) in [6, 6.07) is 7.41. The van der Waals surface area contributed by atoms with E-state index >= 15 is 0 Å². The van der Waals surface area contributed by atoms with Crippen LogP contribution in [0.15, 0.2) is 23.0 Å². The minimum absolute atomic E-state index is 0.0677. The second-order valence-electron chi connectivity index (χ2n) is 5.01. The molecule has 0 radical (unpaired) electrons. The molecule has 0 bridgehead atoms. The number of hydrogen-bond donors (Lipinski definition) is 2. The van der Waals surface area contributed by atoms with E-state index in [4.69, 9.17) is 11.0 Å². The van der Waals surface area contributed by atoms with E-state index in [-0.39, 0.29) is 5.56 Å². The first-order chi connectivity index (χ1) is 10.2. The van der Waals surface area contributed by atoms with Gasteiger partial charge in [-0.05, 0) is 38.1 Å². The number of nitrogens with two attached hydrogens (primary N) is 1. The van der Waals surface area contributed by atoms with Crippen LogP contribution < -0.4 is 11.3 Å². The molecule has 106 valence electrons. The summed E-state index contributed by atoms with van der Waals surface area (Å²) in [5, 5.41) is 17.6. The Morgan fingerprint density at radius 2 is 2.29 bits per heavy atom. The van der Waals surface area contributed by atoms with Crippen molar-refractivity contribution in [1.29, 1.82) is 5.26 Å². The standard InChI is InChI=1S/C15H15N5O/c1-9-13-14(19-18-9)11-7-10(8-17)3-4-12(11)20(15(13)21)6-2-5-16/h3-4,7H,2,5-6,16H2,1H3,(H,18,19). The predicted molar refractivity (Wildman–Crippen MR) is 81.0 cm³/mol. The summed E-state index contributed by atoms with van der Waals surface area (Å²) in [6.45, 7) is 2.90. The molecule has 2 aromatic heterocycles. The number of hydrogen-bond acceptors (Lipinski definition) is 4. The molecule has 0 unspecified atom stereocenters. The molecule has 3 rings (SSSR count). The summed E-state index contributed by atoms with van der Waals surface area (Å²) in [5.41, 5.74) is 8.18. The Morgan fingerprint density at radius 1 is 1.48 bits per heavy atom. The zero-order chi connectivity index (χ0) is 15.0. The number of nitrogens with zero attached hydrogens (tertiary/aromatic N) is 3. The summed E-state index contributed by atoms with van der Waals surface area (Å²) in [5.74, 6) is 0. The van der Waals surface area contributed by atoms with Crippen molar-refractivity contribution >= 4 is 21.8 Å². The summed E-state index contributed by atoms with van der Waals surface area (Å²) in [4.78, 5) is 12.7. The lowest BCUT2D eigenvalue weighted by molar-refractivity contribution is 0.654. The summed E-state index contributed by atoms with van der Waals surface area (Å²) in [6.07, 6.45) is 0.720. The normalized spacial score (nSPS) is 11.1. The van der Waals surface area contributed by atoms with E-state index in [9.17, 15) is 4.79 Å². The lowest BCUT2D eigenvalue weighted by atomic mass is 10.1. The highest BCUT2D eigenvalue weighted by molar-refractivity contribution is 6.04. The third kappa shape index (κ3) is 1.99. The van der Waals surface area contributed by atoms with Crippen LogP contribution in [-0.2, 0) is 6.54 Å². The fourth-order valence-corrected chi connectivity index (χ4v) is 2.63. The topological polar surface area (TPSA) is 100 Å². The summed E-state index contributed by atoms with van der Waals surface area (Å²) < 4.78 is 1.72. The van der Waals surface area contributed by atoms with Gasteiger partial charge in [-0.15, -0.1) is 0 Å². The van der Waals surface area contributed by atoms with Gasteiger partial charge in [-0.2, -0.15) is 10.4 Å². The van der Waals surface area contributed by atoms with Crippen LogP contribution in [0, 0.1) is 18.3 Å². The molecule has 0 aliphatic carbocycles. The maximum atomic E-state index is 12.7. The number of nitriles is 1. The molecule has 3 N–H and O–H groups in total. The molecule has 21 heavy (non-hydrogen) atoms. The molecular weight excluding hydrogens is 266 g/mol. The van der Waals surface area contributed by atoms with Gasteiger partial charge in [0.05, 0.1) is 22.5 Å². The van der Waals surface area contributed by atoms with Gasteiger partial charge in [-0.1, -0.05) is 0 Å². The van der Waals surface area contributed by atoms with Gasteiger partial charge in [0, 0.05) is 17.6 Å². The van der Waals surface area contributed by atoms with Crippen molar-refractivity contribution in [3.05, 3.63) is 39.8 Å². The third-order valence-corrected chi connectivity index (χ3v) is 3.66. The number of aromatic amines is 1. The van der Waals surface area contributed by atoms with E-state index in [1.165, 1.54) is 0 Å². The SMILES string of the molecule is Cc1[nH]nc2c1c(=O)n(CCCN)c1ccc(C#N)cc21. The highest BCUT2D eigenvalue weighted by Gasteiger charge is 2.15. The molecule has 3 aromatic rings. The van der Waals surface area contributed by atoms with E-state index in [0.29, 0.717) is 29.6 Å². The number of fused-ring (bicyclic) bond motifs is 3. The Hall–Kier alpha value is -2.65. The van der Waals surface area contributed by atoms with E-state index in [1.807, 2.05) is 6.92 Å². The zero-order valence-corrected chi connectivity index (χ0v) is 11.7. The van der Waals surface area contributed by atoms with Crippen LogP contribution in [0.25, 0.3) is 21.8 Å². The Bertz CT molecular complexity index is 929. The molecule has 0 spiro atoms. The van der Waals surface area contributed by atoms with Crippen LogP contribution in [0.4, 0.5) is 0 Å².